The predicted octanol–water partition coefficient (Wildman–Crippen LogP) is 0.634. The highest BCUT2D eigenvalue weighted by atomic mass is 16.5. The fraction of sp³-hybridized carbons (Fsp3) is 0.600. The predicted molar refractivity (Wildman–Crippen MR) is 79.3 cm³/mol. The van der Waals surface area contributed by atoms with Gasteiger partial charge in [-0.1, -0.05) is 0 Å². The molecule has 2 aliphatic heterocycles. The maximum atomic E-state index is 10.1. The second kappa shape index (κ2) is 6.43. The molecular weight excluding hydrogens is 254 g/mol. The van der Waals surface area contributed by atoms with Crippen molar-refractivity contribution in [3.8, 4) is 5.75 Å². The van der Waals surface area contributed by atoms with Crippen LogP contribution in [0.2, 0.25) is 0 Å². The van der Waals surface area contributed by atoms with Gasteiger partial charge in [0.1, 0.15) is 5.75 Å². The smallest absolute Gasteiger partial charge is 0.120 e. The van der Waals surface area contributed by atoms with Crippen molar-refractivity contribution < 1.29 is 9.84 Å². The van der Waals surface area contributed by atoms with Crippen molar-refractivity contribution in [3.05, 3.63) is 23.8 Å². The zero-order valence-corrected chi connectivity index (χ0v) is 11.8. The average molecular weight is 277 g/mol. The van der Waals surface area contributed by atoms with Crippen LogP contribution in [0.3, 0.4) is 0 Å². The number of benzene rings is 1. The van der Waals surface area contributed by atoms with Gasteiger partial charge in [0.15, 0.2) is 0 Å². The van der Waals surface area contributed by atoms with Crippen LogP contribution < -0.4 is 10.2 Å². The molecule has 2 N–H and O–H groups in total. The fourth-order valence-corrected chi connectivity index (χ4v) is 2.83. The number of hydrogen-bond acceptors (Lipinski definition) is 5. The summed E-state index contributed by atoms with van der Waals surface area (Å²) in [6, 6.07) is 5.95. The highest BCUT2D eigenvalue weighted by Crippen LogP contribution is 2.26. The molecule has 0 aliphatic carbocycles. The number of nitrogens with zero attached hydrogens (tertiary/aromatic N) is 2. The van der Waals surface area contributed by atoms with Gasteiger partial charge in [-0.3, -0.25) is 4.90 Å². The first-order chi connectivity index (χ1) is 9.83. The Labute approximate surface area is 120 Å². The number of aromatic hydroxyl groups is 1. The first kappa shape index (κ1) is 13.7. The van der Waals surface area contributed by atoms with Crippen molar-refractivity contribution in [3.63, 3.8) is 0 Å². The molecule has 0 atom stereocenters. The van der Waals surface area contributed by atoms with Crippen LogP contribution in [0.5, 0.6) is 5.75 Å². The van der Waals surface area contributed by atoms with Gasteiger partial charge in [0, 0.05) is 57.1 Å². The van der Waals surface area contributed by atoms with Crippen molar-refractivity contribution >= 4 is 5.69 Å². The zero-order chi connectivity index (χ0) is 13.8. The van der Waals surface area contributed by atoms with Crippen molar-refractivity contribution in [2.45, 2.75) is 6.54 Å². The van der Waals surface area contributed by atoms with E-state index in [0.717, 1.165) is 64.6 Å². The quantitative estimate of drug-likeness (QED) is 0.849. The molecule has 2 aliphatic rings. The summed E-state index contributed by atoms with van der Waals surface area (Å²) in [5, 5.41) is 13.4. The molecule has 2 saturated heterocycles. The van der Waals surface area contributed by atoms with Crippen LogP contribution in [0.4, 0.5) is 5.69 Å². The van der Waals surface area contributed by atoms with Crippen LogP contribution in [0, 0.1) is 0 Å². The monoisotopic (exact) mass is 277 g/mol. The summed E-state index contributed by atoms with van der Waals surface area (Å²) >= 11 is 0. The van der Waals surface area contributed by atoms with E-state index in [0.29, 0.717) is 5.75 Å². The number of piperazine rings is 1. The van der Waals surface area contributed by atoms with Gasteiger partial charge in [-0.05, 0) is 18.2 Å². The van der Waals surface area contributed by atoms with Gasteiger partial charge in [0.25, 0.3) is 0 Å². The minimum atomic E-state index is 0.403. The van der Waals surface area contributed by atoms with Crippen LogP contribution in [0.15, 0.2) is 18.2 Å². The van der Waals surface area contributed by atoms with Gasteiger partial charge in [-0.25, -0.2) is 0 Å². The fourth-order valence-electron chi connectivity index (χ4n) is 2.83. The Morgan fingerprint density at radius 1 is 1.10 bits per heavy atom. The third-order valence-electron chi connectivity index (χ3n) is 4.04. The summed E-state index contributed by atoms with van der Waals surface area (Å²) in [6.07, 6.45) is 0. The van der Waals surface area contributed by atoms with Gasteiger partial charge in [-0.15, -0.1) is 0 Å². The second-order valence-electron chi connectivity index (χ2n) is 5.44. The molecule has 1 aromatic rings. The maximum absolute atomic E-state index is 10.1. The van der Waals surface area contributed by atoms with E-state index in [1.54, 1.807) is 0 Å². The molecule has 0 spiro atoms. The molecule has 110 valence electrons. The number of phenols is 1. The van der Waals surface area contributed by atoms with Gasteiger partial charge < -0.3 is 20.1 Å². The topological polar surface area (TPSA) is 48.0 Å². The number of hydrogen-bond donors (Lipinski definition) is 2. The minimum absolute atomic E-state index is 0.403. The molecule has 2 heterocycles. The van der Waals surface area contributed by atoms with E-state index < -0.39 is 0 Å². The normalized spacial score (nSPS) is 21.1. The lowest BCUT2D eigenvalue weighted by atomic mass is 10.1. The lowest BCUT2D eigenvalue weighted by Gasteiger charge is -2.30. The number of anilines is 1. The van der Waals surface area contributed by atoms with E-state index >= 15 is 0 Å². The van der Waals surface area contributed by atoms with Crippen LogP contribution >= 0.6 is 0 Å². The molecule has 1 aromatic carbocycles. The number of ether oxygens (including phenoxy) is 1. The van der Waals surface area contributed by atoms with Crippen molar-refractivity contribution in [2.24, 2.45) is 0 Å². The van der Waals surface area contributed by atoms with Gasteiger partial charge in [-0.2, -0.15) is 0 Å². The molecule has 20 heavy (non-hydrogen) atoms. The Balaban J connectivity index is 1.72. The highest BCUT2D eigenvalue weighted by molar-refractivity contribution is 5.53. The van der Waals surface area contributed by atoms with Gasteiger partial charge in [0.05, 0.1) is 13.2 Å². The van der Waals surface area contributed by atoms with Gasteiger partial charge >= 0.3 is 0 Å². The van der Waals surface area contributed by atoms with Crippen LogP contribution in [0.1, 0.15) is 5.56 Å². The lowest BCUT2D eigenvalue weighted by Crippen LogP contribution is -2.43. The van der Waals surface area contributed by atoms with E-state index in [1.165, 1.54) is 5.69 Å². The van der Waals surface area contributed by atoms with Crippen molar-refractivity contribution in [2.75, 3.05) is 57.4 Å². The molecule has 0 radical (unpaired) electrons. The maximum Gasteiger partial charge on any atom is 0.120 e. The number of morpholine rings is 1. The summed E-state index contributed by atoms with van der Waals surface area (Å²) in [5.74, 6) is 0.403. The van der Waals surface area contributed by atoms with E-state index in [-0.39, 0.29) is 0 Å². The first-order valence-corrected chi connectivity index (χ1v) is 7.40. The number of rotatable bonds is 3. The Hall–Kier alpha value is -1.30. The Bertz CT molecular complexity index is 441. The first-order valence-electron chi connectivity index (χ1n) is 7.40. The van der Waals surface area contributed by atoms with Crippen LogP contribution in [-0.4, -0.2) is 62.5 Å². The van der Waals surface area contributed by atoms with Crippen molar-refractivity contribution in [1.29, 1.82) is 0 Å². The third kappa shape index (κ3) is 3.23. The molecule has 0 amide bonds. The Kier molecular flexibility index (Phi) is 4.40. The summed E-state index contributed by atoms with van der Waals surface area (Å²) in [7, 11) is 0. The minimum Gasteiger partial charge on any atom is -0.508 e. The number of nitrogens with one attached hydrogen (secondary N) is 1. The van der Waals surface area contributed by atoms with Crippen LogP contribution in [-0.2, 0) is 11.3 Å². The third-order valence-corrected chi connectivity index (χ3v) is 4.04. The van der Waals surface area contributed by atoms with E-state index in [1.807, 2.05) is 12.1 Å². The van der Waals surface area contributed by atoms with Crippen LogP contribution in [0.25, 0.3) is 0 Å². The number of phenolic OH excluding ortho intramolecular Hbond substituents is 1. The molecule has 5 nitrogen and oxygen atoms in total. The van der Waals surface area contributed by atoms with E-state index in [4.69, 9.17) is 4.74 Å². The largest absolute Gasteiger partial charge is 0.508 e. The molecule has 2 fully saturated rings. The summed E-state index contributed by atoms with van der Waals surface area (Å²) in [5.41, 5.74) is 2.21. The standard InChI is InChI=1S/C15H23N3O2/c19-15-2-1-14(18-7-9-20-10-8-18)11-13(15)12-17-5-3-16-4-6-17/h1-2,11,16,19H,3-10,12H2. The molecular formula is C15H23N3O2. The van der Waals surface area contributed by atoms with E-state index in [9.17, 15) is 5.11 Å². The van der Waals surface area contributed by atoms with E-state index in [2.05, 4.69) is 21.2 Å². The molecule has 5 heteroatoms. The molecule has 3 rings (SSSR count). The lowest BCUT2D eigenvalue weighted by molar-refractivity contribution is 0.122. The summed E-state index contributed by atoms with van der Waals surface area (Å²) < 4.78 is 5.39. The molecule has 0 unspecified atom stereocenters. The SMILES string of the molecule is Oc1ccc(N2CCOCC2)cc1CN1CCNCC1. The highest BCUT2D eigenvalue weighted by Gasteiger charge is 2.15. The summed E-state index contributed by atoms with van der Waals surface area (Å²) in [4.78, 5) is 4.71. The average Bonchev–Trinajstić information content (AvgIpc) is 2.51. The Morgan fingerprint density at radius 3 is 2.60 bits per heavy atom. The second-order valence-corrected chi connectivity index (χ2v) is 5.44. The summed E-state index contributed by atoms with van der Waals surface area (Å²) in [6.45, 7) is 8.40. The molecule has 0 bridgehead atoms. The zero-order valence-electron chi connectivity index (χ0n) is 11.8. The Morgan fingerprint density at radius 2 is 1.85 bits per heavy atom. The molecule has 0 saturated carbocycles. The van der Waals surface area contributed by atoms with Gasteiger partial charge in [0.2, 0.25) is 0 Å². The van der Waals surface area contributed by atoms with Crippen molar-refractivity contribution in [1.82, 2.24) is 10.2 Å². The molecule has 0 aromatic heterocycles.